The van der Waals surface area contributed by atoms with Crippen LogP contribution in [0.1, 0.15) is 37.6 Å². The van der Waals surface area contributed by atoms with Gasteiger partial charge in [0.2, 0.25) is 5.91 Å². The average molecular weight is 306 g/mol. The van der Waals surface area contributed by atoms with Gasteiger partial charge in [-0.05, 0) is 18.2 Å². The topological polar surface area (TPSA) is 25.2 Å². The average Bonchev–Trinajstić information content (AvgIpc) is 2.94. The van der Waals surface area contributed by atoms with Gasteiger partial charge in [-0.3, -0.25) is 4.79 Å². The Bertz CT molecular complexity index is 769. The van der Waals surface area contributed by atoms with E-state index in [1.807, 2.05) is 56.0 Å². The van der Waals surface area contributed by atoms with Crippen molar-refractivity contribution >= 4 is 5.91 Å². The molecule has 0 saturated heterocycles. The summed E-state index contributed by atoms with van der Waals surface area (Å²) in [6.07, 6.45) is 2.09. The molecule has 0 atom stereocenters. The fourth-order valence-corrected chi connectivity index (χ4v) is 2.78. The van der Waals surface area contributed by atoms with Gasteiger partial charge in [-0.15, -0.1) is 0 Å². The van der Waals surface area contributed by atoms with Crippen molar-refractivity contribution in [3.8, 4) is 11.8 Å². The molecule has 1 amide bonds. The standard InChI is InChI=1S/C20H22N2O/c1-20(2,3)19(23)22-12-11-21-14-17(13-18(21)15-22)10-9-16-7-5-4-6-8-16/h4-8,13-14H,11-12,15H2,1-3H3. The molecule has 0 aliphatic carbocycles. The van der Waals surface area contributed by atoms with Crippen LogP contribution in [0.15, 0.2) is 42.6 Å². The van der Waals surface area contributed by atoms with E-state index in [0.29, 0.717) is 6.54 Å². The molecule has 0 saturated carbocycles. The maximum Gasteiger partial charge on any atom is 0.228 e. The normalized spacial score (nSPS) is 14.0. The van der Waals surface area contributed by atoms with Crippen molar-refractivity contribution in [3.05, 3.63) is 59.4 Å². The van der Waals surface area contributed by atoms with Gasteiger partial charge in [-0.2, -0.15) is 0 Å². The van der Waals surface area contributed by atoms with Gasteiger partial charge in [0.05, 0.1) is 6.54 Å². The fraction of sp³-hybridized carbons (Fsp3) is 0.350. The Labute approximate surface area is 137 Å². The molecule has 3 heteroatoms. The van der Waals surface area contributed by atoms with Crippen LogP contribution in [-0.4, -0.2) is 21.9 Å². The molecule has 1 aromatic heterocycles. The second-order valence-electron chi connectivity index (χ2n) is 7.01. The van der Waals surface area contributed by atoms with Crippen LogP contribution in [0, 0.1) is 17.3 Å². The monoisotopic (exact) mass is 306 g/mol. The highest BCUT2D eigenvalue weighted by molar-refractivity contribution is 5.81. The molecular weight excluding hydrogens is 284 g/mol. The van der Waals surface area contributed by atoms with Crippen LogP contribution in [0.25, 0.3) is 0 Å². The summed E-state index contributed by atoms with van der Waals surface area (Å²) < 4.78 is 2.21. The number of hydrogen-bond donors (Lipinski definition) is 0. The van der Waals surface area contributed by atoms with E-state index in [9.17, 15) is 4.79 Å². The Morgan fingerprint density at radius 2 is 1.74 bits per heavy atom. The number of carbonyl (C=O) groups excluding carboxylic acids is 1. The molecular formula is C20H22N2O. The van der Waals surface area contributed by atoms with Gasteiger partial charge in [-0.25, -0.2) is 0 Å². The maximum atomic E-state index is 12.4. The number of nitrogens with zero attached hydrogens (tertiary/aromatic N) is 2. The van der Waals surface area contributed by atoms with Crippen molar-refractivity contribution in [1.29, 1.82) is 0 Å². The maximum absolute atomic E-state index is 12.4. The molecule has 23 heavy (non-hydrogen) atoms. The lowest BCUT2D eigenvalue weighted by molar-refractivity contribution is -0.140. The van der Waals surface area contributed by atoms with E-state index in [2.05, 4.69) is 28.7 Å². The highest BCUT2D eigenvalue weighted by atomic mass is 16.2. The summed E-state index contributed by atoms with van der Waals surface area (Å²) in [5.41, 5.74) is 2.85. The second kappa shape index (κ2) is 5.96. The molecule has 0 spiro atoms. The minimum Gasteiger partial charge on any atom is -0.347 e. The highest BCUT2D eigenvalue weighted by Gasteiger charge is 2.29. The predicted molar refractivity (Wildman–Crippen MR) is 91.7 cm³/mol. The van der Waals surface area contributed by atoms with Crippen molar-refractivity contribution in [3.63, 3.8) is 0 Å². The zero-order valence-electron chi connectivity index (χ0n) is 14.0. The van der Waals surface area contributed by atoms with Gasteiger partial charge in [0, 0.05) is 41.5 Å². The van der Waals surface area contributed by atoms with Gasteiger partial charge < -0.3 is 9.47 Å². The molecule has 0 unspecified atom stereocenters. The molecule has 0 N–H and O–H groups in total. The van der Waals surface area contributed by atoms with E-state index in [1.54, 1.807) is 0 Å². The second-order valence-corrected chi connectivity index (χ2v) is 7.01. The molecule has 2 aromatic rings. The summed E-state index contributed by atoms with van der Waals surface area (Å²) in [6, 6.07) is 12.1. The van der Waals surface area contributed by atoms with Crippen LogP contribution >= 0.6 is 0 Å². The van der Waals surface area contributed by atoms with Crippen LogP contribution < -0.4 is 0 Å². The molecule has 2 heterocycles. The number of amides is 1. The van der Waals surface area contributed by atoms with Crippen LogP contribution in [0.4, 0.5) is 0 Å². The summed E-state index contributed by atoms with van der Waals surface area (Å²) in [5.74, 6) is 6.61. The van der Waals surface area contributed by atoms with E-state index < -0.39 is 0 Å². The lowest BCUT2D eigenvalue weighted by atomic mass is 9.94. The molecule has 0 fully saturated rings. The largest absolute Gasteiger partial charge is 0.347 e. The van der Waals surface area contributed by atoms with Gasteiger partial charge in [-0.1, -0.05) is 50.8 Å². The predicted octanol–water partition coefficient (Wildman–Crippen LogP) is 3.28. The summed E-state index contributed by atoms with van der Waals surface area (Å²) >= 11 is 0. The Morgan fingerprint density at radius 1 is 1.04 bits per heavy atom. The number of rotatable bonds is 0. The number of aromatic nitrogens is 1. The van der Waals surface area contributed by atoms with E-state index in [-0.39, 0.29) is 11.3 Å². The quantitative estimate of drug-likeness (QED) is 0.686. The van der Waals surface area contributed by atoms with Crippen molar-refractivity contribution in [2.45, 2.75) is 33.9 Å². The third-order valence-electron chi connectivity index (χ3n) is 4.00. The van der Waals surface area contributed by atoms with E-state index in [4.69, 9.17) is 0 Å². The first-order chi connectivity index (χ1) is 10.9. The first-order valence-corrected chi connectivity index (χ1v) is 7.99. The van der Waals surface area contributed by atoms with E-state index in [0.717, 1.165) is 29.9 Å². The summed E-state index contributed by atoms with van der Waals surface area (Å²) in [4.78, 5) is 14.4. The zero-order valence-corrected chi connectivity index (χ0v) is 14.0. The summed E-state index contributed by atoms with van der Waals surface area (Å²) in [6.45, 7) is 8.19. The molecule has 0 bridgehead atoms. The highest BCUT2D eigenvalue weighted by Crippen LogP contribution is 2.22. The van der Waals surface area contributed by atoms with E-state index >= 15 is 0 Å². The third kappa shape index (κ3) is 3.48. The van der Waals surface area contributed by atoms with Crippen molar-refractivity contribution in [2.24, 2.45) is 5.41 Å². The lowest BCUT2D eigenvalue weighted by Gasteiger charge is -2.33. The van der Waals surface area contributed by atoms with Crippen molar-refractivity contribution in [1.82, 2.24) is 9.47 Å². The molecule has 1 aliphatic rings. The molecule has 1 aliphatic heterocycles. The number of benzene rings is 1. The van der Waals surface area contributed by atoms with Gasteiger partial charge >= 0.3 is 0 Å². The Hall–Kier alpha value is -2.47. The van der Waals surface area contributed by atoms with E-state index in [1.165, 1.54) is 0 Å². The Kier molecular flexibility index (Phi) is 4.00. The van der Waals surface area contributed by atoms with Gasteiger partial charge in [0.1, 0.15) is 0 Å². The van der Waals surface area contributed by atoms with Crippen LogP contribution in [0.3, 0.4) is 0 Å². The molecule has 1 aromatic carbocycles. The summed E-state index contributed by atoms with van der Waals surface area (Å²) in [5, 5.41) is 0. The molecule has 0 radical (unpaired) electrons. The Morgan fingerprint density at radius 3 is 2.43 bits per heavy atom. The first-order valence-electron chi connectivity index (χ1n) is 7.99. The Balaban J connectivity index is 1.77. The SMILES string of the molecule is CC(C)(C)C(=O)N1CCn2cc(C#Cc3ccccc3)cc2C1. The van der Waals surface area contributed by atoms with Gasteiger partial charge in [0.25, 0.3) is 0 Å². The third-order valence-corrected chi connectivity index (χ3v) is 4.00. The number of fused-ring (bicyclic) bond motifs is 1. The van der Waals surface area contributed by atoms with Gasteiger partial charge in [0.15, 0.2) is 0 Å². The fourth-order valence-electron chi connectivity index (χ4n) is 2.78. The zero-order chi connectivity index (χ0) is 16.4. The molecule has 118 valence electrons. The minimum absolute atomic E-state index is 0.210. The lowest BCUT2D eigenvalue weighted by Crippen LogP contribution is -2.43. The summed E-state index contributed by atoms with van der Waals surface area (Å²) in [7, 11) is 0. The van der Waals surface area contributed by atoms with Crippen molar-refractivity contribution < 1.29 is 4.79 Å². The van der Waals surface area contributed by atoms with Crippen LogP contribution in [-0.2, 0) is 17.9 Å². The smallest absolute Gasteiger partial charge is 0.228 e. The molecule has 3 nitrogen and oxygen atoms in total. The first kappa shape index (κ1) is 15.4. The molecule has 3 rings (SSSR count). The number of hydrogen-bond acceptors (Lipinski definition) is 1. The van der Waals surface area contributed by atoms with Crippen LogP contribution in [0.2, 0.25) is 0 Å². The van der Waals surface area contributed by atoms with Crippen molar-refractivity contribution in [2.75, 3.05) is 6.54 Å². The minimum atomic E-state index is -0.329. The number of carbonyl (C=O) groups is 1. The van der Waals surface area contributed by atoms with Crippen LogP contribution in [0.5, 0.6) is 0 Å².